The van der Waals surface area contributed by atoms with Crippen molar-refractivity contribution < 1.29 is 14.3 Å². The van der Waals surface area contributed by atoms with E-state index in [1.807, 2.05) is 30.3 Å². The first kappa shape index (κ1) is 21.5. The zero-order valence-corrected chi connectivity index (χ0v) is 18.2. The largest absolute Gasteiger partial charge is 0.392 e. The number of aromatic nitrogens is 1. The molecule has 1 saturated heterocycles. The molecule has 1 amide bonds. The van der Waals surface area contributed by atoms with Crippen molar-refractivity contribution in [2.75, 3.05) is 25.0 Å². The molecular weight excluding hydrogens is 393 g/mol. The van der Waals surface area contributed by atoms with Crippen LogP contribution in [-0.4, -0.2) is 40.1 Å². The van der Waals surface area contributed by atoms with Crippen LogP contribution in [-0.2, 0) is 17.8 Å². The number of hydrogen-bond acceptors (Lipinski definition) is 3. The molecular formula is C25H30FN3O2. The number of carbonyl (C=O) groups excluding carboxylic acids is 1. The highest BCUT2D eigenvalue weighted by Gasteiger charge is 2.25. The first-order valence-corrected chi connectivity index (χ1v) is 10.9. The number of hydrogen-bond donors (Lipinski definition) is 2. The van der Waals surface area contributed by atoms with Gasteiger partial charge >= 0.3 is 0 Å². The monoisotopic (exact) mass is 423 g/mol. The maximum absolute atomic E-state index is 13.1. The van der Waals surface area contributed by atoms with E-state index in [0.717, 1.165) is 72.3 Å². The Labute approximate surface area is 182 Å². The molecule has 0 saturated carbocycles. The van der Waals surface area contributed by atoms with Crippen LogP contribution in [0.15, 0.2) is 42.5 Å². The predicted molar refractivity (Wildman–Crippen MR) is 122 cm³/mol. The van der Waals surface area contributed by atoms with Crippen molar-refractivity contribution in [1.82, 2.24) is 9.47 Å². The van der Waals surface area contributed by atoms with E-state index >= 15 is 0 Å². The number of piperidine rings is 1. The summed E-state index contributed by atoms with van der Waals surface area (Å²) in [6.45, 7) is 6.57. The average molecular weight is 424 g/mol. The van der Waals surface area contributed by atoms with Crippen LogP contribution >= 0.6 is 0 Å². The van der Waals surface area contributed by atoms with E-state index < -0.39 is 0 Å². The van der Waals surface area contributed by atoms with Crippen molar-refractivity contribution in [2.45, 2.75) is 45.8 Å². The van der Waals surface area contributed by atoms with E-state index in [1.165, 1.54) is 19.1 Å². The van der Waals surface area contributed by atoms with Gasteiger partial charge in [0.2, 0.25) is 5.91 Å². The fourth-order valence-corrected chi connectivity index (χ4v) is 4.80. The molecule has 2 N–H and O–H groups in total. The minimum atomic E-state index is -0.192. The fourth-order valence-electron chi connectivity index (χ4n) is 4.80. The number of nitrogens with zero attached hydrogens (tertiary/aromatic N) is 2. The summed E-state index contributed by atoms with van der Waals surface area (Å²) in [7, 11) is 0. The van der Waals surface area contributed by atoms with Gasteiger partial charge in [-0.1, -0.05) is 18.2 Å². The number of nitrogens with one attached hydrogen (secondary N) is 1. The second-order valence-electron chi connectivity index (χ2n) is 8.45. The summed E-state index contributed by atoms with van der Waals surface area (Å²) in [5.41, 5.74) is 5.07. The third-order valence-electron chi connectivity index (χ3n) is 6.41. The Balaban J connectivity index is 1.49. The van der Waals surface area contributed by atoms with Crippen LogP contribution in [0.2, 0.25) is 0 Å². The first-order valence-electron chi connectivity index (χ1n) is 10.9. The van der Waals surface area contributed by atoms with Gasteiger partial charge in [-0.15, -0.1) is 0 Å². The number of benzene rings is 2. The predicted octanol–water partition coefficient (Wildman–Crippen LogP) is 4.42. The van der Waals surface area contributed by atoms with Crippen LogP contribution in [0.1, 0.15) is 42.6 Å². The molecule has 0 atom stereocenters. The van der Waals surface area contributed by atoms with Crippen molar-refractivity contribution >= 4 is 22.5 Å². The van der Waals surface area contributed by atoms with Crippen LogP contribution in [0.25, 0.3) is 10.9 Å². The number of likely N-dealkylation sites (tertiary alicyclic amines) is 1. The summed E-state index contributed by atoms with van der Waals surface area (Å²) < 4.78 is 15.4. The van der Waals surface area contributed by atoms with Crippen LogP contribution in [0.4, 0.5) is 10.1 Å². The number of amides is 1. The van der Waals surface area contributed by atoms with Crippen LogP contribution in [0, 0.1) is 12.7 Å². The molecule has 2 aromatic carbocycles. The van der Waals surface area contributed by atoms with Gasteiger partial charge in [-0.3, -0.25) is 4.79 Å². The van der Waals surface area contributed by atoms with Gasteiger partial charge in [0.05, 0.1) is 12.1 Å². The highest BCUT2D eigenvalue weighted by Crippen LogP contribution is 2.35. The minimum Gasteiger partial charge on any atom is -0.392 e. The van der Waals surface area contributed by atoms with Gasteiger partial charge in [-0.2, -0.15) is 0 Å². The molecule has 164 valence electrons. The van der Waals surface area contributed by atoms with Crippen molar-refractivity contribution in [3.05, 3.63) is 65.1 Å². The molecule has 1 aromatic heterocycles. The van der Waals surface area contributed by atoms with Crippen molar-refractivity contribution in [1.29, 1.82) is 0 Å². The van der Waals surface area contributed by atoms with Crippen molar-refractivity contribution in [3.63, 3.8) is 0 Å². The lowest BCUT2D eigenvalue weighted by atomic mass is 10.0. The summed E-state index contributed by atoms with van der Waals surface area (Å²) in [6.07, 6.45) is 2.98. The van der Waals surface area contributed by atoms with Crippen LogP contribution < -0.4 is 5.32 Å². The maximum atomic E-state index is 13.1. The standard InChI is InChI=1S/C25H30FN3O2/c1-17-24(16-30)23-8-7-21(27-18(2)31)15-25(23)29(17)22-10-13-28(14-11-22)12-9-19-3-5-20(26)6-4-19/h3-8,15,22,30H,9-14,16H2,1-2H3,(H,27,31). The summed E-state index contributed by atoms with van der Waals surface area (Å²) in [4.78, 5) is 14.0. The highest BCUT2D eigenvalue weighted by atomic mass is 19.1. The quantitative estimate of drug-likeness (QED) is 0.617. The van der Waals surface area contributed by atoms with Gasteiger partial charge in [0, 0.05) is 54.9 Å². The van der Waals surface area contributed by atoms with Crippen molar-refractivity contribution in [3.8, 4) is 0 Å². The Hall–Kier alpha value is -2.70. The van der Waals surface area contributed by atoms with Crippen LogP contribution in [0.3, 0.4) is 0 Å². The second-order valence-corrected chi connectivity index (χ2v) is 8.45. The zero-order chi connectivity index (χ0) is 22.0. The topological polar surface area (TPSA) is 57.5 Å². The zero-order valence-electron chi connectivity index (χ0n) is 18.2. The average Bonchev–Trinajstić information content (AvgIpc) is 3.03. The lowest BCUT2D eigenvalue weighted by Crippen LogP contribution is -2.36. The van der Waals surface area contributed by atoms with Gasteiger partial charge in [0.15, 0.2) is 0 Å². The fraction of sp³-hybridized carbons (Fsp3) is 0.400. The van der Waals surface area contributed by atoms with Gasteiger partial charge in [-0.05, 0) is 56.0 Å². The molecule has 0 unspecified atom stereocenters. The number of rotatable bonds is 6. The Morgan fingerprint density at radius 1 is 1.16 bits per heavy atom. The third-order valence-corrected chi connectivity index (χ3v) is 6.41. The van der Waals surface area contributed by atoms with Gasteiger partial charge < -0.3 is 19.9 Å². The molecule has 6 heteroatoms. The molecule has 5 nitrogen and oxygen atoms in total. The second kappa shape index (κ2) is 9.20. The molecule has 3 aromatic rings. The molecule has 0 spiro atoms. The summed E-state index contributed by atoms with van der Waals surface area (Å²) >= 11 is 0. The van der Waals surface area contributed by atoms with Gasteiger partial charge in [0.1, 0.15) is 5.82 Å². The molecule has 1 aliphatic heterocycles. The molecule has 0 aliphatic carbocycles. The third kappa shape index (κ3) is 4.65. The Kier molecular flexibility index (Phi) is 6.39. The molecule has 0 radical (unpaired) electrons. The molecule has 1 aliphatic rings. The number of aliphatic hydroxyl groups excluding tert-OH is 1. The lowest BCUT2D eigenvalue weighted by Gasteiger charge is -2.34. The van der Waals surface area contributed by atoms with Crippen LogP contribution in [0.5, 0.6) is 0 Å². The van der Waals surface area contributed by atoms with E-state index in [4.69, 9.17) is 0 Å². The van der Waals surface area contributed by atoms with E-state index in [2.05, 4.69) is 21.7 Å². The first-order chi connectivity index (χ1) is 15.0. The van der Waals surface area contributed by atoms with E-state index in [-0.39, 0.29) is 18.3 Å². The highest BCUT2D eigenvalue weighted by molar-refractivity contribution is 5.94. The Bertz CT molecular complexity index is 1070. The van der Waals surface area contributed by atoms with E-state index in [0.29, 0.717) is 6.04 Å². The molecule has 2 heterocycles. The molecule has 1 fully saturated rings. The number of aliphatic hydroxyl groups is 1. The summed E-state index contributed by atoms with van der Waals surface area (Å²) in [5, 5.41) is 13.9. The minimum absolute atomic E-state index is 0.00529. The SMILES string of the molecule is CC(=O)Nc1ccc2c(CO)c(C)n(C3CCN(CCc4ccc(F)cc4)CC3)c2c1. The van der Waals surface area contributed by atoms with Gasteiger partial charge in [-0.25, -0.2) is 4.39 Å². The van der Waals surface area contributed by atoms with E-state index in [9.17, 15) is 14.3 Å². The Morgan fingerprint density at radius 3 is 2.52 bits per heavy atom. The molecule has 0 bridgehead atoms. The number of fused-ring (bicyclic) bond motifs is 1. The molecule has 4 rings (SSSR count). The Morgan fingerprint density at radius 2 is 1.87 bits per heavy atom. The van der Waals surface area contributed by atoms with Crippen molar-refractivity contribution in [2.24, 2.45) is 0 Å². The lowest BCUT2D eigenvalue weighted by molar-refractivity contribution is -0.114. The number of halogens is 1. The molecule has 31 heavy (non-hydrogen) atoms. The summed E-state index contributed by atoms with van der Waals surface area (Å²) in [6, 6.07) is 13.0. The number of anilines is 1. The summed E-state index contributed by atoms with van der Waals surface area (Å²) in [5.74, 6) is -0.284. The maximum Gasteiger partial charge on any atom is 0.221 e. The van der Waals surface area contributed by atoms with Gasteiger partial charge in [0.25, 0.3) is 0 Å². The normalized spacial score (nSPS) is 15.5. The number of carbonyl (C=O) groups is 1. The van der Waals surface area contributed by atoms with E-state index in [1.54, 1.807) is 0 Å². The smallest absolute Gasteiger partial charge is 0.221 e.